The number of esters is 1. The van der Waals surface area contributed by atoms with Gasteiger partial charge in [0.05, 0.1) is 18.8 Å². The number of hydrogen-bond donors (Lipinski definition) is 5. The lowest BCUT2D eigenvalue weighted by atomic mass is 9.36. The number of ether oxygens (including phenoxy) is 1. The van der Waals surface area contributed by atoms with Gasteiger partial charge in [0.1, 0.15) is 6.10 Å². The van der Waals surface area contributed by atoms with Gasteiger partial charge in [-0.15, -0.1) is 0 Å². The first-order valence-electron chi connectivity index (χ1n) is 15.5. The Bertz CT molecular complexity index is 1110. The highest BCUT2D eigenvalue weighted by Gasteiger charge is 2.70. The summed E-state index contributed by atoms with van der Waals surface area (Å²) in [6, 6.07) is 0. The first-order chi connectivity index (χ1) is 19.4. The van der Waals surface area contributed by atoms with Crippen LogP contribution in [-0.4, -0.2) is 63.2 Å². The summed E-state index contributed by atoms with van der Waals surface area (Å²) in [5.74, 6) is -1.88. The Morgan fingerprint density at radius 2 is 1.62 bits per heavy atom. The fraction of sp³-hybridized carbons (Fsp3) is 0.788. The van der Waals surface area contributed by atoms with Gasteiger partial charge in [-0.25, -0.2) is 4.79 Å². The van der Waals surface area contributed by atoms with E-state index in [2.05, 4.69) is 33.4 Å². The summed E-state index contributed by atoms with van der Waals surface area (Å²) >= 11 is 0. The van der Waals surface area contributed by atoms with Gasteiger partial charge in [0.2, 0.25) is 0 Å². The summed E-state index contributed by atoms with van der Waals surface area (Å²) in [5.41, 5.74) is 6.14. The Morgan fingerprint density at radius 1 is 1.00 bits per heavy atom. The number of carbonyl (C=O) groups excluding carboxylic acids is 1. The minimum atomic E-state index is -0.968. The molecule has 0 amide bonds. The van der Waals surface area contributed by atoms with Crippen molar-refractivity contribution in [2.24, 2.45) is 45.7 Å². The predicted octanol–water partition coefficient (Wildman–Crippen LogP) is 4.70. The van der Waals surface area contributed by atoms with Crippen molar-refractivity contribution >= 4 is 17.9 Å². The van der Waals surface area contributed by atoms with Crippen molar-refractivity contribution in [2.75, 3.05) is 6.54 Å². The second-order valence-corrected chi connectivity index (χ2v) is 14.2. The Kier molecular flexibility index (Phi) is 10.4. The zero-order chi connectivity index (χ0) is 31.8. The number of carboxylic acid groups (broad SMARTS) is 2. The smallest absolute Gasteiger partial charge is 0.331 e. The van der Waals surface area contributed by atoms with E-state index in [1.807, 2.05) is 19.9 Å². The molecule has 0 saturated heterocycles. The first-order valence-corrected chi connectivity index (χ1v) is 15.5. The second-order valence-electron chi connectivity index (χ2n) is 14.2. The molecule has 4 saturated carbocycles. The molecule has 0 radical (unpaired) electrons. The summed E-state index contributed by atoms with van der Waals surface area (Å²) in [5, 5.41) is 40.5. The highest BCUT2D eigenvalue weighted by molar-refractivity contribution is 5.88. The molecule has 9 nitrogen and oxygen atoms in total. The number of carbonyl (C=O) groups is 3. The maximum Gasteiger partial charge on any atom is 0.331 e. The van der Waals surface area contributed by atoms with Gasteiger partial charge < -0.3 is 30.9 Å². The normalized spacial score (nSPS) is 41.6. The second kappa shape index (κ2) is 12.8. The van der Waals surface area contributed by atoms with E-state index < -0.39 is 30.1 Å². The van der Waals surface area contributed by atoms with Crippen molar-refractivity contribution in [3.05, 3.63) is 22.8 Å². The zero-order valence-electron chi connectivity index (χ0n) is 26.5. The van der Waals surface area contributed by atoms with Crippen LogP contribution in [0.25, 0.3) is 0 Å². The molecule has 42 heavy (non-hydrogen) atoms. The SMILES string of the molecule is CC(=O)O[C@H]1C[C@@]2(C)[C@@H](C[C@@H](O)[C@H]3[C@@]4(C)CC[C@@H](O)[C@@H](C)[C@@H]4CC[C@@]32C)/C1=C(\CCC=C(C)C)C(=O)O.NCC(=O)O. The Hall–Kier alpha value is -2.23. The molecule has 0 unspecified atom stereocenters. The van der Waals surface area contributed by atoms with Gasteiger partial charge in [-0.3, -0.25) is 9.59 Å². The molecule has 0 spiro atoms. The van der Waals surface area contributed by atoms with E-state index in [0.29, 0.717) is 37.2 Å². The van der Waals surface area contributed by atoms with Gasteiger partial charge in [-0.05, 0) is 111 Å². The van der Waals surface area contributed by atoms with Gasteiger partial charge in [-0.1, -0.05) is 39.3 Å². The average Bonchev–Trinajstić information content (AvgIpc) is 3.15. The van der Waals surface area contributed by atoms with Gasteiger partial charge >= 0.3 is 17.9 Å². The van der Waals surface area contributed by atoms with E-state index in [4.69, 9.17) is 9.84 Å². The lowest BCUT2D eigenvalue weighted by Gasteiger charge is -2.69. The van der Waals surface area contributed by atoms with Gasteiger partial charge in [0.15, 0.2) is 0 Å². The van der Waals surface area contributed by atoms with Gasteiger partial charge in [0.25, 0.3) is 0 Å². The van der Waals surface area contributed by atoms with Crippen molar-refractivity contribution in [2.45, 2.75) is 118 Å². The first kappa shape index (κ1) is 34.3. The number of rotatable bonds is 6. The molecule has 9 heteroatoms. The Morgan fingerprint density at radius 3 is 2.14 bits per heavy atom. The molecular weight excluding hydrogens is 538 g/mol. The summed E-state index contributed by atoms with van der Waals surface area (Å²) in [6.07, 6.45) is 6.22. The van der Waals surface area contributed by atoms with Gasteiger partial charge in [0, 0.05) is 12.5 Å². The third-order valence-electron chi connectivity index (χ3n) is 11.7. The number of allylic oxidation sites excluding steroid dienone is 2. The molecule has 0 bridgehead atoms. The number of hydrogen-bond acceptors (Lipinski definition) is 7. The van der Waals surface area contributed by atoms with Crippen LogP contribution >= 0.6 is 0 Å². The Labute approximate surface area is 250 Å². The molecule has 4 aliphatic rings. The van der Waals surface area contributed by atoms with Crippen LogP contribution in [0.1, 0.15) is 99.8 Å². The molecule has 6 N–H and O–H groups in total. The summed E-state index contributed by atoms with van der Waals surface area (Å²) < 4.78 is 5.87. The number of aliphatic hydroxyl groups excluding tert-OH is 2. The van der Waals surface area contributed by atoms with Crippen LogP contribution in [0.2, 0.25) is 0 Å². The molecular formula is C33H53NO8. The van der Waals surface area contributed by atoms with Crippen molar-refractivity contribution in [3.63, 3.8) is 0 Å². The number of aliphatic carboxylic acids is 2. The quantitative estimate of drug-likeness (QED) is 0.167. The molecule has 0 aromatic carbocycles. The molecule has 0 aliphatic heterocycles. The van der Waals surface area contributed by atoms with E-state index in [1.165, 1.54) is 6.92 Å². The van der Waals surface area contributed by atoms with Gasteiger partial charge in [-0.2, -0.15) is 0 Å². The van der Waals surface area contributed by atoms with E-state index >= 15 is 0 Å². The molecule has 0 aromatic rings. The monoisotopic (exact) mass is 591 g/mol. The van der Waals surface area contributed by atoms with Crippen LogP contribution in [0.5, 0.6) is 0 Å². The number of nitrogens with two attached hydrogens (primary N) is 1. The number of fused-ring (bicyclic) bond motifs is 5. The molecule has 10 atom stereocenters. The maximum atomic E-state index is 12.6. The molecule has 4 fully saturated rings. The van der Waals surface area contributed by atoms with Crippen LogP contribution in [-0.2, 0) is 19.1 Å². The third-order valence-corrected chi connectivity index (χ3v) is 11.7. The highest BCUT2D eigenvalue weighted by atomic mass is 16.5. The Balaban J connectivity index is 0.000000892. The molecule has 4 rings (SSSR count). The minimum Gasteiger partial charge on any atom is -0.480 e. The van der Waals surface area contributed by atoms with Crippen molar-refractivity contribution < 1.29 is 39.5 Å². The molecule has 238 valence electrons. The third kappa shape index (κ3) is 6.06. The van der Waals surface area contributed by atoms with Crippen LogP contribution < -0.4 is 5.73 Å². The molecule has 0 aromatic heterocycles. The standard InChI is InChI=1S/C31H48O6.C2H5NO2/c1-17(2)9-8-10-20(28(35)36)26-22-15-24(34)27-29(5)13-12-23(33)18(3)21(29)11-14-30(27,6)31(22,7)16-25(26)37-19(4)32;3-1-2(4)5/h9,18,21-25,27,33-34H,8,10-16H2,1-7H3,(H,35,36);1,3H2,(H,4,5)/b26-20-;/t18-,21-,22-,23+,24+,25-,27-,29-,30-,31-;/m0./s1. The number of carboxylic acids is 2. The van der Waals surface area contributed by atoms with E-state index in [9.17, 15) is 29.7 Å². The van der Waals surface area contributed by atoms with Crippen LogP contribution in [0.3, 0.4) is 0 Å². The average molecular weight is 592 g/mol. The van der Waals surface area contributed by atoms with Crippen molar-refractivity contribution in [1.82, 2.24) is 0 Å². The highest BCUT2D eigenvalue weighted by Crippen LogP contribution is 2.74. The lowest BCUT2D eigenvalue weighted by molar-refractivity contribution is -0.234. The summed E-state index contributed by atoms with van der Waals surface area (Å²) in [4.78, 5) is 34.1. The predicted molar refractivity (Wildman–Crippen MR) is 159 cm³/mol. The number of aliphatic hydroxyl groups is 2. The van der Waals surface area contributed by atoms with Crippen molar-refractivity contribution in [1.29, 1.82) is 0 Å². The van der Waals surface area contributed by atoms with E-state index in [0.717, 1.165) is 36.8 Å². The van der Waals surface area contributed by atoms with Crippen LogP contribution in [0, 0.1) is 39.9 Å². The van der Waals surface area contributed by atoms with E-state index in [1.54, 1.807) is 0 Å². The fourth-order valence-corrected chi connectivity index (χ4v) is 9.79. The summed E-state index contributed by atoms with van der Waals surface area (Å²) in [7, 11) is 0. The maximum absolute atomic E-state index is 12.6. The largest absolute Gasteiger partial charge is 0.480 e. The topological polar surface area (TPSA) is 167 Å². The summed E-state index contributed by atoms with van der Waals surface area (Å²) in [6.45, 7) is 14.2. The van der Waals surface area contributed by atoms with Crippen LogP contribution in [0.4, 0.5) is 0 Å². The lowest BCUT2D eigenvalue weighted by Crippen LogP contribution is -2.65. The zero-order valence-corrected chi connectivity index (χ0v) is 26.5. The van der Waals surface area contributed by atoms with E-state index in [-0.39, 0.29) is 46.6 Å². The fourth-order valence-electron chi connectivity index (χ4n) is 9.79. The van der Waals surface area contributed by atoms with Crippen molar-refractivity contribution in [3.8, 4) is 0 Å². The molecule has 4 aliphatic carbocycles. The molecule has 0 heterocycles. The van der Waals surface area contributed by atoms with Crippen LogP contribution in [0.15, 0.2) is 22.8 Å². The minimum absolute atomic E-state index is 0.0474.